The average Bonchev–Trinajstić information content (AvgIpc) is 2.79. The second-order valence-corrected chi connectivity index (χ2v) is 10.4. The maximum atomic E-state index is 13.3. The van der Waals surface area contributed by atoms with E-state index in [-0.39, 0.29) is 23.1 Å². The lowest BCUT2D eigenvalue weighted by Crippen LogP contribution is -2.48. The molecule has 0 saturated heterocycles. The summed E-state index contributed by atoms with van der Waals surface area (Å²) in [6.07, 6.45) is 0.201. The van der Waals surface area contributed by atoms with Gasteiger partial charge in [0, 0.05) is 4.47 Å². The molecule has 0 aliphatic heterocycles. The Bertz CT molecular complexity index is 1200. The van der Waals surface area contributed by atoms with Crippen LogP contribution in [0.1, 0.15) is 29.7 Å². The van der Waals surface area contributed by atoms with Crippen molar-refractivity contribution in [3.63, 3.8) is 0 Å². The molecule has 0 unspecified atom stereocenters. The Kier molecular flexibility index (Phi) is 8.29. The Morgan fingerprint density at radius 3 is 2.33 bits per heavy atom. The van der Waals surface area contributed by atoms with Crippen LogP contribution in [0.4, 0.5) is 0 Å². The second-order valence-electron chi connectivity index (χ2n) is 7.80. The number of benzene rings is 3. The van der Waals surface area contributed by atoms with Crippen LogP contribution >= 0.6 is 15.9 Å². The molecule has 3 rings (SSSR count). The summed E-state index contributed by atoms with van der Waals surface area (Å²) in [5.74, 6) is -0.195. The lowest BCUT2D eigenvalue weighted by atomic mass is 10.0. The number of carbonyl (C=O) groups excluding carboxylic acids is 1. The van der Waals surface area contributed by atoms with Gasteiger partial charge in [0.15, 0.2) is 0 Å². The third-order valence-corrected chi connectivity index (χ3v) is 7.26. The molecule has 0 spiro atoms. The van der Waals surface area contributed by atoms with Gasteiger partial charge < -0.3 is 10.1 Å². The Balaban J connectivity index is 1.88. The molecular weight excluding hydrogens is 504 g/mol. The monoisotopic (exact) mass is 530 g/mol. The molecule has 8 heteroatoms. The highest BCUT2D eigenvalue weighted by molar-refractivity contribution is 9.10. The molecule has 0 aliphatic carbocycles. The number of hydrogen-bond donors (Lipinski definition) is 2. The van der Waals surface area contributed by atoms with Gasteiger partial charge in [-0.25, -0.2) is 8.42 Å². The van der Waals surface area contributed by atoms with Gasteiger partial charge in [-0.2, -0.15) is 4.72 Å². The van der Waals surface area contributed by atoms with Crippen molar-refractivity contribution >= 4 is 31.9 Å². The lowest BCUT2D eigenvalue weighted by Gasteiger charge is -2.22. The summed E-state index contributed by atoms with van der Waals surface area (Å²) in [4.78, 5) is 13.2. The van der Waals surface area contributed by atoms with E-state index in [1.807, 2.05) is 61.5 Å². The minimum atomic E-state index is -4.04. The quantitative estimate of drug-likeness (QED) is 0.425. The van der Waals surface area contributed by atoms with E-state index >= 15 is 0 Å². The Hall–Kier alpha value is -2.68. The number of ether oxygens (including phenoxy) is 1. The Labute approximate surface area is 203 Å². The van der Waals surface area contributed by atoms with Crippen LogP contribution in [0.5, 0.6) is 5.75 Å². The summed E-state index contributed by atoms with van der Waals surface area (Å²) in [7, 11) is -2.62. The zero-order chi connectivity index (χ0) is 24.0. The molecule has 1 amide bonds. The van der Waals surface area contributed by atoms with Gasteiger partial charge in [-0.3, -0.25) is 4.79 Å². The van der Waals surface area contributed by atoms with Crippen molar-refractivity contribution in [2.24, 2.45) is 0 Å². The smallest absolute Gasteiger partial charge is 0.244 e. The van der Waals surface area contributed by atoms with Gasteiger partial charge in [0.2, 0.25) is 15.9 Å². The molecule has 0 bridgehead atoms. The fourth-order valence-corrected chi connectivity index (χ4v) is 5.14. The van der Waals surface area contributed by atoms with Crippen molar-refractivity contribution in [3.05, 3.63) is 94.0 Å². The zero-order valence-corrected chi connectivity index (χ0v) is 21.1. The second kappa shape index (κ2) is 11.0. The van der Waals surface area contributed by atoms with E-state index in [0.717, 1.165) is 21.2 Å². The highest BCUT2D eigenvalue weighted by Crippen LogP contribution is 2.25. The van der Waals surface area contributed by atoms with E-state index < -0.39 is 22.0 Å². The summed E-state index contributed by atoms with van der Waals surface area (Å²) >= 11 is 3.40. The van der Waals surface area contributed by atoms with Gasteiger partial charge in [0.05, 0.1) is 13.2 Å². The number of halogens is 1. The number of hydrogen-bond acceptors (Lipinski definition) is 4. The minimum Gasteiger partial charge on any atom is -0.495 e. The van der Waals surface area contributed by atoms with Crippen LogP contribution in [0.3, 0.4) is 0 Å². The van der Waals surface area contributed by atoms with Crippen molar-refractivity contribution in [2.75, 3.05) is 7.11 Å². The van der Waals surface area contributed by atoms with Crippen LogP contribution in [-0.4, -0.2) is 27.5 Å². The number of rotatable bonds is 9. The molecule has 0 heterocycles. The van der Waals surface area contributed by atoms with Gasteiger partial charge in [0.25, 0.3) is 0 Å². The van der Waals surface area contributed by atoms with Crippen molar-refractivity contribution in [1.29, 1.82) is 0 Å². The third-order valence-electron chi connectivity index (χ3n) is 5.23. The van der Waals surface area contributed by atoms with Gasteiger partial charge in [0.1, 0.15) is 16.7 Å². The normalized spacial score (nSPS) is 13.2. The van der Waals surface area contributed by atoms with Gasteiger partial charge in [-0.15, -0.1) is 0 Å². The maximum absolute atomic E-state index is 13.3. The third kappa shape index (κ3) is 6.66. The Morgan fingerprint density at radius 1 is 1.03 bits per heavy atom. The predicted octanol–water partition coefficient (Wildman–Crippen LogP) is 4.53. The van der Waals surface area contributed by atoms with E-state index in [2.05, 4.69) is 26.0 Å². The summed E-state index contributed by atoms with van der Waals surface area (Å²) in [5, 5.41) is 2.94. The van der Waals surface area contributed by atoms with E-state index in [9.17, 15) is 13.2 Å². The predicted molar refractivity (Wildman–Crippen MR) is 133 cm³/mol. The highest BCUT2D eigenvalue weighted by Gasteiger charge is 2.29. The number of carbonyl (C=O) groups is 1. The summed E-state index contributed by atoms with van der Waals surface area (Å²) < 4.78 is 35.4. The molecule has 0 saturated carbocycles. The number of sulfonamides is 1. The van der Waals surface area contributed by atoms with E-state index in [4.69, 9.17) is 4.74 Å². The van der Waals surface area contributed by atoms with Gasteiger partial charge >= 0.3 is 0 Å². The zero-order valence-electron chi connectivity index (χ0n) is 18.7. The van der Waals surface area contributed by atoms with Crippen LogP contribution in [0.15, 0.2) is 82.2 Å². The van der Waals surface area contributed by atoms with Crippen LogP contribution < -0.4 is 14.8 Å². The topological polar surface area (TPSA) is 84.5 Å². The van der Waals surface area contributed by atoms with Crippen molar-refractivity contribution in [3.8, 4) is 5.75 Å². The molecule has 3 aromatic rings. The fraction of sp³-hybridized carbons (Fsp3) is 0.240. The first kappa shape index (κ1) is 25.0. The Morgan fingerprint density at radius 2 is 1.70 bits per heavy atom. The summed E-state index contributed by atoms with van der Waals surface area (Å²) in [6.45, 7) is 3.66. The first-order chi connectivity index (χ1) is 15.7. The molecule has 0 aromatic heterocycles. The standard InChI is InChI=1S/C25H27BrN2O4S/c1-17-9-14-23(32-3)24(15-17)33(30,31)28-22(16-19-7-5-4-6-8-19)25(29)27-18(2)20-10-12-21(26)13-11-20/h4-15,18,22,28H,16H2,1-3H3,(H,27,29)/t18-,22+/m1/s1. The SMILES string of the molecule is COc1ccc(C)cc1S(=O)(=O)N[C@@H](Cc1ccccc1)C(=O)N[C@H](C)c1ccc(Br)cc1. The molecule has 0 radical (unpaired) electrons. The molecule has 2 atom stereocenters. The maximum Gasteiger partial charge on any atom is 0.244 e. The average molecular weight is 531 g/mol. The van der Waals surface area contributed by atoms with Crippen molar-refractivity contribution in [1.82, 2.24) is 10.0 Å². The molecule has 0 aliphatic rings. The first-order valence-electron chi connectivity index (χ1n) is 10.5. The number of amides is 1. The van der Waals surface area contributed by atoms with Gasteiger partial charge in [-0.1, -0.05) is 64.5 Å². The van der Waals surface area contributed by atoms with Gasteiger partial charge in [-0.05, 0) is 61.2 Å². The van der Waals surface area contributed by atoms with Crippen molar-refractivity contribution in [2.45, 2.75) is 37.2 Å². The van der Waals surface area contributed by atoms with E-state index in [1.165, 1.54) is 13.2 Å². The molecule has 33 heavy (non-hydrogen) atoms. The van der Waals surface area contributed by atoms with Crippen LogP contribution in [0.25, 0.3) is 0 Å². The van der Waals surface area contributed by atoms with Crippen LogP contribution in [0.2, 0.25) is 0 Å². The lowest BCUT2D eigenvalue weighted by molar-refractivity contribution is -0.123. The summed E-state index contributed by atoms with van der Waals surface area (Å²) in [5.41, 5.74) is 2.52. The first-order valence-corrected chi connectivity index (χ1v) is 12.7. The van der Waals surface area contributed by atoms with E-state index in [1.54, 1.807) is 19.1 Å². The number of aryl methyl sites for hydroxylation is 1. The molecule has 2 N–H and O–H groups in total. The van der Waals surface area contributed by atoms with Crippen LogP contribution in [0, 0.1) is 6.92 Å². The molecule has 3 aromatic carbocycles. The summed E-state index contributed by atoms with van der Waals surface area (Å²) in [6, 6.07) is 20.5. The van der Waals surface area contributed by atoms with E-state index in [0.29, 0.717) is 0 Å². The fourth-order valence-electron chi connectivity index (χ4n) is 3.43. The largest absolute Gasteiger partial charge is 0.495 e. The minimum absolute atomic E-state index is 0.00294. The number of nitrogens with one attached hydrogen (secondary N) is 2. The van der Waals surface area contributed by atoms with Crippen LogP contribution in [-0.2, 0) is 21.2 Å². The number of methoxy groups -OCH3 is 1. The molecule has 0 fully saturated rings. The molecule has 6 nitrogen and oxygen atoms in total. The highest BCUT2D eigenvalue weighted by atomic mass is 79.9. The molecular formula is C25H27BrN2O4S. The molecule has 174 valence electrons. The van der Waals surface area contributed by atoms with Crippen molar-refractivity contribution < 1.29 is 17.9 Å².